The van der Waals surface area contributed by atoms with E-state index in [2.05, 4.69) is 10.0 Å². The minimum absolute atomic E-state index is 0.114. The fraction of sp³-hybridized carbons (Fsp3) is 0.615. The molecule has 6 nitrogen and oxygen atoms in total. The van der Waals surface area contributed by atoms with Gasteiger partial charge >= 0.3 is 5.97 Å². The second kappa shape index (κ2) is 6.85. The Labute approximate surface area is 112 Å². The van der Waals surface area contributed by atoms with Crippen LogP contribution in [-0.4, -0.2) is 18.1 Å². The average Bonchev–Trinajstić information content (AvgIpc) is 2.75. The molecule has 0 aliphatic carbocycles. The van der Waals surface area contributed by atoms with Gasteiger partial charge in [-0.1, -0.05) is 5.11 Å². The Bertz CT molecular complexity index is 442. The standard InChI is InChI=1S/C13H19N3O3/c1-13(2,3)19-12(17)8-10(9-15-16-14)7-11-5-4-6-18-11/h4-6,10H,7-9H2,1-3H3. The maximum atomic E-state index is 11.8. The molecule has 1 heterocycles. The monoisotopic (exact) mass is 265 g/mol. The van der Waals surface area contributed by atoms with E-state index < -0.39 is 5.60 Å². The number of hydrogen-bond acceptors (Lipinski definition) is 4. The highest BCUT2D eigenvalue weighted by Gasteiger charge is 2.21. The molecule has 0 amide bonds. The summed E-state index contributed by atoms with van der Waals surface area (Å²) in [6, 6.07) is 3.62. The van der Waals surface area contributed by atoms with Crippen LogP contribution in [0.2, 0.25) is 0 Å². The Morgan fingerprint density at radius 1 is 1.58 bits per heavy atom. The number of carbonyl (C=O) groups excluding carboxylic acids is 1. The summed E-state index contributed by atoms with van der Waals surface area (Å²) in [4.78, 5) is 14.5. The van der Waals surface area contributed by atoms with Crippen LogP contribution >= 0.6 is 0 Å². The van der Waals surface area contributed by atoms with Crippen molar-refractivity contribution in [3.05, 3.63) is 34.6 Å². The summed E-state index contributed by atoms with van der Waals surface area (Å²) in [7, 11) is 0. The molecule has 1 unspecified atom stereocenters. The number of azide groups is 1. The predicted octanol–water partition coefficient (Wildman–Crippen LogP) is 3.48. The summed E-state index contributed by atoms with van der Waals surface area (Å²) in [5.41, 5.74) is 7.87. The van der Waals surface area contributed by atoms with Crippen LogP contribution in [0.4, 0.5) is 0 Å². The van der Waals surface area contributed by atoms with Crippen LogP contribution in [0.25, 0.3) is 10.4 Å². The maximum absolute atomic E-state index is 11.8. The van der Waals surface area contributed by atoms with Crippen molar-refractivity contribution in [2.45, 2.75) is 39.2 Å². The molecule has 104 valence electrons. The molecule has 0 aromatic carbocycles. The first kappa shape index (κ1) is 15.1. The summed E-state index contributed by atoms with van der Waals surface area (Å²) in [6.07, 6.45) is 2.33. The van der Waals surface area contributed by atoms with Gasteiger partial charge in [0.2, 0.25) is 0 Å². The molecule has 0 N–H and O–H groups in total. The zero-order chi connectivity index (χ0) is 14.3. The Hall–Kier alpha value is -1.94. The van der Waals surface area contributed by atoms with E-state index in [1.807, 2.05) is 26.8 Å². The molecule has 0 saturated heterocycles. The van der Waals surface area contributed by atoms with Crippen LogP contribution < -0.4 is 0 Å². The van der Waals surface area contributed by atoms with E-state index in [0.29, 0.717) is 6.42 Å². The molecule has 6 heteroatoms. The van der Waals surface area contributed by atoms with Crippen molar-refractivity contribution in [1.29, 1.82) is 0 Å². The SMILES string of the molecule is CC(C)(C)OC(=O)CC(CN=[N+]=[N-])Cc1ccco1. The van der Waals surface area contributed by atoms with Gasteiger partial charge in [-0.05, 0) is 44.4 Å². The van der Waals surface area contributed by atoms with Crippen molar-refractivity contribution >= 4 is 5.97 Å². The first-order valence-corrected chi connectivity index (χ1v) is 6.16. The third-order valence-electron chi connectivity index (χ3n) is 2.35. The lowest BCUT2D eigenvalue weighted by Gasteiger charge is -2.21. The summed E-state index contributed by atoms with van der Waals surface area (Å²) in [6.45, 7) is 5.70. The fourth-order valence-electron chi connectivity index (χ4n) is 1.69. The molecule has 1 atom stereocenters. The van der Waals surface area contributed by atoms with E-state index in [1.165, 1.54) is 0 Å². The molecule has 0 aliphatic heterocycles. The van der Waals surface area contributed by atoms with E-state index in [1.54, 1.807) is 12.3 Å². The molecule has 0 fully saturated rings. The molecular weight excluding hydrogens is 246 g/mol. The largest absolute Gasteiger partial charge is 0.469 e. The molecule has 0 saturated carbocycles. The predicted molar refractivity (Wildman–Crippen MR) is 70.4 cm³/mol. The van der Waals surface area contributed by atoms with E-state index in [9.17, 15) is 4.79 Å². The topological polar surface area (TPSA) is 88.2 Å². The summed E-state index contributed by atoms with van der Waals surface area (Å²) in [5.74, 6) is 0.357. The molecule has 0 aliphatic rings. The summed E-state index contributed by atoms with van der Waals surface area (Å²) >= 11 is 0. The van der Waals surface area contributed by atoms with Crippen LogP contribution in [0, 0.1) is 5.92 Å². The normalized spacial score (nSPS) is 12.6. The van der Waals surface area contributed by atoms with Gasteiger partial charge in [-0.2, -0.15) is 0 Å². The highest BCUT2D eigenvalue weighted by molar-refractivity contribution is 5.70. The number of nitrogens with zero attached hydrogens (tertiary/aromatic N) is 3. The molecule has 0 spiro atoms. The van der Waals surface area contributed by atoms with Crippen molar-refractivity contribution in [1.82, 2.24) is 0 Å². The van der Waals surface area contributed by atoms with Gasteiger partial charge in [0.1, 0.15) is 11.4 Å². The zero-order valence-corrected chi connectivity index (χ0v) is 11.5. The molecule has 1 rings (SSSR count). The second-order valence-corrected chi connectivity index (χ2v) is 5.35. The van der Waals surface area contributed by atoms with E-state index in [-0.39, 0.29) is 24.9 Å². The van der Waals surface area contributed by atoms with Crippen molar-refractivity contribution in [3.8, 4) is 0 Å². The third kappa shape index (κ3) is 6.52. The Balaban J connectivity index is 2.58. The van der Waals surface area contributed by atoms with E-state index in [0.717, 1.165) is 5.76 Å². The van der Waals surface area contributed by atoms with Crippen LogP contribution in [0.5, 0.6) is 0 Å². The van der Waals surface area contributed by atoms with Crippen molar-refractivity contribution in [3.63, 3.8) is 0 Å². The number of esters is 1. The molecule has 1 aromatic heterocycles. The second-order valence-electron chi connectivity index (χ2n) is 5.35. The van der Waals surface area contributed by atoms with Gasteiger partial charge < -0.3 is 9.15 Å². The van der Waals surface area contributed by atoms with Gasteiger partial charge in [-0.15, -0.1) is 0 Å². The number of furan rings is 1. The highest BCUT2D eigenvalue weighted by atomic mass is 16.6. The first-order chi connectivity index (χ1) is 8.90. The Morgan fingerprint density at radius 2 is 2.32 bits per heavy atom. The van der Waals surface area contributed by atoms with Crippen LogP contribution in [-0.2, 0) is 16.0 Å². The molecule has 0 radical (unpaired) electrons. The van der Waals surface area contributed by atoms with Crippen molar-refractivity contribution < 1.29 is 13.9 Å². The summed E-state index contributed by atoms with van der Waals surface area (Å²) < 4.78 is 10.5. The molecule has 1 aromatic rings. The van der Waals surface area contributed by atoms with Gasteiger partial charge in [0.15, 0.2) is 0 Å². The average molecular weight is 265 g/mol. The smallest absolute Gasteiger partial charge is 0.306 e. The van der Waals surface area contributed by atoms with Gasteiger partial charge in [0.25, 0.3) is 0 Å². The first-order valence-electron chi connectivity index (χ1n) is 6.16. The number of carbonyl (C=O) groups is 1. The molecule has 0 bridgehead atoms. The van der Waals surface area contributed by atoms with Crippen LogP contribution in [0.1, 0.15) is 33.0 Å². The van der Waals surface area contributed by atoms with Gasteiger partial charge in [-0.25, -0.2) is 0 Å². The molecular formula is C13H19N3O3. The van der Waals surface area contributed by atoms with Crippen molar-refractivity contribution in [2.75, 3.05) is 6.54 Å². The van der Waals surface area contributed by atoms with E-state index >= 15 is 0 Å². The fourth-order valence-corrected chi connectivity index (χ4v) is 1.69. The number of ether oxygens (including phenoxy) is 1. The lowest BCUT2D eigenvalue weighted by Crippen LogP contribution is -2.26. The Kier molecular flexibility index (Phi) is 5.45. The van der Waals surface area contributed by atoms with Gasteiger partial charge in [0, 0.05) is 24.3 Å². The third-order valence-corrected chi connectivity index (χ3v) is 2.35. The van der Waals surface area contributed by atoms with Crippen LogP contribution in [0.15, 0.2) is 27.9 Å². The van der Waals surface area contributed by atoms with Crippen LogP contribution in [0.3, 0.4) is 0 Å². The lowest BCUT2D eigenvalue weighted by molar-refractivity contribution is -0.155. The maximum Gasteiger partial charge on any atom is 0.306 e. The minimum Gasteiger partial charge on any atom is -0.469 e. The van der Waals surface area contributed by atoms with Gasteiger partial charge in [0.05, 0.1) is 6.26 Å². The van der Waals surface area contributed by atoms with Crippen molar-refractivity contribution in [2.24, 2.45) is 11.0 Å². The quantitative estimate of drug-likeness (QED) is 0.341. The summed E-state index contributed by atoms with van der Waals surface area (Å²) in [5, 5.41) is 3.53. The lowest BCUT2D eigenvalue weighted by atomic mass is 10.00. The Morgan fingerprint density at radius 3 is 2.84 bits per heavy atom. The van der Waals surface area contributed by atoms with E-state index in [4.69, 9.17) is 14.7 Å². The van der Waals surface area contributed by atoms with Gasteiger partial charge in [-0.3, -0.25) is 4.79 Å². The molecule has 19 heavy (non-hydrogen) atoms. The zero-order valence-electron chi connectivity index (χ0n) is 11.5. The number of rotatable bonds is 6. The number of hydrogen-bond donors (Lipinski definition) is 0. The highest BCUT2D eigenvalue weighted by Crippen LogP contribution is 2.17. The minimum atomic E-state index is -0.509.